The smallest absolute Gasteiger partial charge is 0.163 e. The molecule has 31 heavy (non-hydrogen) atoms. The Morgan fingerprint density at radius 2 is 1.84 bits per heavy atom. The molecule has 6 nitrogen and oxygen atoms in total. The number of methoxy groups -OCH3 is 1. The summed E-state index contributed by atoms with van der Waals surface area (Å²) >= 11 is 3.25. The quantitative estimate of drug-likeness (QED) is 0.387. The maximum absolute atomic E-state index is 14.1. The zero-order valence-electron chi connectivity index (χ0n) is 18.7. The van der Waals surface area contributed by atoms with Gasteiger partial charge in [-0.1, -0.05) is 36.2 Å². The van der Waals surface area contributed by atoms with E-state index < -0.39 is 0 Å². The Hall–Kier alpha value is -2.45. The zero-order chi connectivity index (χ0) is 22.8. The minimum atomic E-state index is -0.377. The molecule has 0 atom stereocenters. The second kappa shape index (κ2) is 12.4. The lowest BCUT2D eigenvalue weighted by molar-refractivity contribution is 0.289. The number of benzene rings is 2. The number of fused-ring (bicyclic) bond motifs is 1. The molecule has 0 aliphatic carbocycles. The van der Waals surface area contributed by atoms with Gasteiger partial charge in [0.2, 0.25) is 0 Å². The van der Waals surface area contributed by atoms with Crippen molar-refractivity contribution in [3.63, 3.8) is 0 Å². The first-order valence-electron chi connectivity index (χ1n) is 10.2. The minimum absolute atomic E-state index is 0.329. The van der Waals surface area contributed by atoms with E-state index in [-0.39, 0.29) is 5.82 Å². The van der Waals surface area contributed by atoms with Gasteiger partial charge in [-0.2, -0.15) is 0 Å². The summed E-state index contributed by atoms with van der Waals surface area (Å²) in [5.74, 6) is 1.34. The summed E-state index contributed by atoms with van der Waals surface area (Å²) in [6.07, 6.45) is 3.44. The third-order valence-electron chi connectivity index (χ3n) is 4.49. The van der Waals surface area contributed by atoms with Gasteiger partial charge >= 0.3 is 0 Å². The molecule has 3 rings (SSSR count). The number of nitrogens with zero attached hydrogens (tertiary/aromatic N) is 3. The van der Waals surface area contributed by atoms with Crippen LogP contribution in [0.4, 0.5) is 15.9 Å². The standard InChI is InChI=1S/C19H19BrFN3O2.C4H11N/c1-3-4-7-26-18-10-16-13(9-17(18)25-2)19(23-11-22-16)24-15-6-5-12(20)8-14(15)21;1-4-5(2)3/h5-6,8-11H,3-4,7H2,1-2H3,(H,22,23,24);4H2,1-3H3. The van der Waals surface area contributed by atoms with E-state index >= 15 is 0 Å². The Bertz CT molecular complexity index is 985. The fourth-order valence-corrected chi connectivity index (χ4v) is 2.81. The lowest BCUT2D eigenvalue weighted by Crippen LogP contribution is -2.08. The Kier molecular flexibility index (Phi) is 9.94. The van der Waals surface area contributed by atoms with Crippen molar-refractivity contribution in [1.82, 2.24) is 14.9 Å². The van der Waals surface area contributed by atoms with Crippen LogP contribution in [0.5, 0.6) is 11.5 Å². The van der Waals surface area contributed by atoms with E-state index in [2.05, 4.69) is 64.1 Å². The first-order valence-corrected chi connectivity index (χ1v) is 11.0. The van der Waals surface area contributed by atoms with Crippen molar-refractivity contribution < 1.29 is 13.9 Å². The average molecular weight is 493 g/mol. The fourth-order valence-electron chi connectivity index (χ4n) is 2.48. The van der Waals surface area contributed by atoms with Crippen molar-refractivity contribution >= 4 is 38.3 Å². The summed E-state index contributed by atoms with van der Waals surface area (Å²) in [6, 6.07) is 8.41. The number of rotatable bonds is 8. The highest BCUT2D eigenvalue weighted by Crippen LogP contribution is 2.35. The molecule has 0 unspecified atom stereocenters. The summed E-state index contributed by atoms with van der Waals surface area (Å²) in [7, 11) is 5.69. The molecule has 0 saturated carbocycles. The second-order valence-electron chi connectivity index (χ2n) is 7.09. The molecular formula is C23H30BrFN4O2. The summed E-state index contributed by atoms with van der Waals surface area (Å²) < 4.78 is 26.0. The zero-order valence-corrected chi connectivity index (χ0v) is 20.3. The average Bonchev–Trinajstić information content (AvgIpc) is 2.76. The number of nitrogens with one attached hydrogen (secondary N) is 1. The molecule has 1 N–H and O–H groups in total. The molecule has 2 aromatic carbocycles. The predicted molar refractivity (Wildman–Crippen MR) is 128 cm³/mol. The maximum atomic E-state index is 14.1. The summed E-state index contributed by atoms with van der Waals surface area (Å²) in [4.78, 5) is 10.7. The Morgan fingerprint density at radius 3 is 2.45 bits per heavy atom. The summed E-state index contributed by atoms with van der Waals surface area (Å²) in [5, 5.41) is 3.74. The van der Waals surface area contributed by atoms with Crippen LogP contribution >= 0.6 is 15.9 Å². The third-order valence-corrected chi connectivity index (χ3v) is 4.99. The topological polar surface area (TPSA) is 59.5 Å². The van der Waals surface area contributed by atoms with E-state index in [1.54, 1.807) is 25.3 Å². The third kappa shape index (κ3) is 7.33. The maximum Gasteiger partial charge on any atom is 0.163 e. The number of ether oxygens (including phenoxy) is 2. The van der Waals surface area contributed by atoms with Gasteiger partial charge in [-0.25, -0.2) is 14.4 Å². The first kappa shape index (κ1) is 24.8. The lowest BCUT2D eigenvalue weighted by Gasteiger charge is -2.14. The summed E-state index contributed by atoms with van der Waals surface area (Å²) in [5.41, 5.74) is 1.02. The van der Waals surface area contributed by atoms with Crippen LogP contribution in [0.1, 0.15) is 26.7 Å². The molecule has 168 valence electrons. The van der Waals surface area contributed by atoms with Crippen LogP contribution in [-0.4, -0.2) is 49.2 Å². The van der Waals surface area contributed by atoms with Crippen molar-refractivity contribution in [3.8, 4) is 11.5 Å². The van der Waals surface area contributed by atoms with E-state index in [1.807, 2.05) is 6.07 Å². The number of unbranched alkanes of at least 4 members (excludes halogenated alkanes) is 1. The Labute approximate surface area is 191 Å². The van der Waals surface area contributed by atoms with Gasteiger partial charge in [-0.15, -0.1) is 0 Å². The first-order chi connectivity index (χ1) is 14.9. The van der Waals surface area contributed by atoms with Crippen molar-refractivity contribution in [2.45, 2.75) is 26.7 Å². The van der Waals surface area contributed by atoms with E-state index in [0.717, 1.165) is 24.8 Å². The van der Waals surface area contributed by atoms with Crippen molar-refractivity contribution in [3.05, 3.63) is 46.9 Å². The molecule has 0 bridgehead atoms. The predicted octanol–water partition coefficient (Wildman–Crippen LogP) is 6.03. The van der Waals surface area contributed by atoms with Gasteiger partial charge < -0.3 is 19.7 Å². The lowest BCUT2D eigenvalue weighted by atomic mass is 10.2. The van der Waals surface area contributed by atoms with E-state index in [9.17, 15) is 4.39 Å². The molecule has 0 fully saturated rings. The molecule has 0 aliphatic heterocycles. The normalized spacial score (nSPS) is 10.6. The van der Waals surface area contributed by atoms with Crippen LogP contribution in [0.15, 0.2) is 41.1 Å². The fraction of sp³-hybridized carbons (Fsp3) is 0.391. The van der Waals surface area contributed by atoms with Crippen LogP contribution in [0, 0.1) is 5.82 Å². The molecule has 0 aliphatic rings. The van der Waals surface area contributed by atoms with Gasteiger partial charge in [0, 0.05) is 15.9 Å². The number of aromatic nitrogens is 2. The SMILES string of the molecule is CCCCOc1cc2ncnc(Nc3ccc(Br)cc3F)c2cc1OC.CCN(C)C. The van der Waals surface area contributed by atoms with Gasteiger partial charge in [-0.05, 0) is 51.3 Å². The number of anilines is 2. The van der Waals surface area contributed by atoms with Crippen LogP contribution in [0.2, 0.25) is 0 Å². The molecule has 1 aromatic heterocycles. The van der Waals surface area contributed by atoms with Gasteiger partial charge in [0.05, 0.1) is 24.9 Å². The van der Waals surface area contributed by atoms with Gasteiger partial charge in [0.25, 0.3) is 0 Å². The van der Waals surface area contributed by atoms with Crippen LogP contribution < -0.4 is 14.8 Å². The van der Waals surface area contributed by atoms with E-state index in [0.29, 0.717) is 39.6 Å². The van der Waals surface area contributed by atoms with E-state index in [4.69, 9.17) is 9.47 Å². The molecule has 1 heterocycles. The minimum Gasteiger partial charge on any atom is -0.493 e. The highest BCUT2D eigenvalue weighted by Gasteiger charge is 2.13. The van der Waals surface area contributed by atoms with Gasteiger partial charge in [-0.3, -0.25) is 0 Å². The van der Waals surface area contributed by atoms with Gasteiger partial charge in [0.15, 0.2) is 11.5 Å². The van der Waals surface area contributed by atoms with Crippen molar-refractivity contribution in [2.24, 2.45) is 0 Å². The molecule has 8 heteroatoms. The Morgan fingerprint density at radius 1 is 1.10 bits per heavy atom. The molecule has 0 radical (unpaired) electrons. The van der Waals surface area contributed by atoms with Gasteiger partial charge in [0.1, 0.15) is 18.0 Å². The van der Waals surface area contributed by atoms with Crippen LogP contribution in [-0.2, 0) is 0 Å². The molecule has 0 spiro atoms. The molecule has 3 aromatic rings. The Balaban J connectivity index is 0.000000614. The highest BCUT2D eigenvalue weighted by atomic mass is 79.9. The van der Waals surface area contributed by atoms with Crippen molar-refractivity contribution in [1.29, 1.82) is 0 Å². The number of halogens is 2. The van der Waals surface area contributed by atoms with Crippen LogP contribution in [0.3, 0.4) is 0 Å². The van der Waals surface area contributed by atoms with E-state index in [1.165, 1.54) is 12.4 Å². The summed E-state index contributed by atoms with van der Waals surface area (Å²) in [6.45, 7) is 5.98. The highest BCUT2D eigenvalue weighted by molar-refractivity contribution is 9.10. The largest absolute Gasteiger partial charge is 0.493 e. The van der Waals surface area contributed by atoms with Crippen LogP contribution in [0.25, 0.3) is 10.9 Å². The molecular weight excluding hydrogens is 463 g/mol. The number of hydrogen-bond donors (Lipinski definition) is 1. The molecule has 0 amide bonds. The van der Waals surface area contributed by atoms with Crippen molar-refractivity contribution in [2.75, 3.05) is 39.7 Å². The monoisotopic (exact) mass is 492 g/mol. The number of hydrogen-bond acceptors (Lipinski definition) is 6. The molecule has 0 saturated heterocycles. The second-order valence-corrected chi connectivity index (χ2v) is 8.01.